The zero-order valence-electron chi connectivity index (χ0n) is 15.0. The summed E-state index contributed by atoms with van der Waals surface area (Å²) in [5, 5.41) is 20.1. The fourth-order valence-corrected chi connectivity index (χ4v) is 2.37. The Kier molecular flexibility index (Phi) is 6.67. The Bertz CT molecular complexity index is 920. The van der Waals surface area contributed by atoms with Crippen LogP contribution in [0.2, 0.25) is 5.02 Å². The maximum Gasteiger partial charge on any atom is 0.255 e. The number of rotatable bonds is 6. The minimum Gasteiger partial charge on any atom is -0.510 e. The molecule has 2 aromatic carbocycles. The number of amides is 1. The summed E-state index contributed by atoms with van der Waals surface area (Å²) in [6.07, 6.45) is 0. The number of aliphatic hydroxyl groups is 1. The molecular formula is C19H18ClN3O4. The van der Waals surface area contributed by atoms with Gasteiger partial charge in [-0.1, -0.05) is 29.8 Å². The summed E-state index contributed by atoms with van der Waals surface area (Å²) in [5.74, 6) is -0.727. The van der Waals surface area contributed by atoms with Crippen molar-refractivity contribution in [3.8, 4) is 5.75 Å². The van der Waals surface area contributed by atoms with Crippen molar-refractivity contribution in [3.63, 3.8) is 0 Å². The average molecular weight is 388 g/mol. The van der Waals surface area contributed by atoms with Crippen LogP contribution in [0.1, 0.15) is 24.2 Å². The van der Waals surface area contributed by atoms with Gasteiger partial charge in [0.2, 0.25) is 0 Å². The summed E-state index contributed by atoms with van der Waals surface area (Å²) in [5.41, 5.74) is 0.878. The SMILES string of the molecule is COc1cc(NC(=O)c2ccccc2)c(Cl)cc1N=NC(C(C)=O)=C(C)O. The molecule has 0 heterocycles. The number of hydrogen-bond acceptors (Lipinski definition) is 6. The normalized spacial score (nSPS) is 11.9. The van der Waals surface area contributed by atoms with Gasteiger partial charge in [-0.2, -0.15) is 0 Å². The van der Waals surface area contributed by atoms with Gasteiger partial charge in [0, 0.05) is 18.6 Å². The number of Topliss-reactive ketones (excluding diaryl/α,β-unsaturated/α-hetero) is 1. The van der Waals surface area contributed by atoms with Crippen molar-refractivity contribution in [3.05, 3.63) is 64.5 Å². The van der Waals surface area contributed by atoms with Gasteiger partial charge in [-0.25, -0.2) is 0 Å². The summed E-state index contributed by atoms with van der Waals surface area (Å²) in [7, 11) is 1.42. The van der Waals surface area contributed by atoms with E-state index in [0.717, 1.165) is 0 Å². The smallest absolute Gasteiger partial charge is 0.255 e. The second-order valence-electron chi connectivity index (χ2n) is 5.51. The summed E-state index contributed by atoms with van der Waals surface area (Å²) in [6, 6.07) is 11.6. The summed E-state index contributed by atoms with van der Waals surface area (Å²) in [4.78, 5) is 23.8. The van der Waals surface area contributed by atoms with E-state index in [9.17, 15) is 14.7 Å². The highest BCUT2D eigenvalue weighted by molar-refractivity contribution is 6.34. The van der Waals surface area contributed by atoms with Crippen LogP contribution in [0, 0.1) is 0 Å². The molecular weight excluding hydrogens is 370 g/mol. The fraction of sp³-hybridized carbons (Fsp3) is 0.158. The lowest BCUT2D eigenvalue weighted by atomic mass is 10.2. The Labute approximate surface area is 161 Å². The van der Waals surface area contributed by atoms with Crippen LogP contribution in [-0.2, 0) is 4.79 Å². The minimum atomic E-state index is -0.435. The first-order valence-electron chi connectivity index (χ1n) is 7.90. The number of anilines is 1. The highest BCUT2D eigenvalue weighted by atomic mass is 35.5. The number of nitrogens with zero attached hydrogens (tertiary/aromatic N) is 2. The van der Waals surface area contributed by atoms with E-state index in [4.69, 9.17) is 16.3 Å². The van der Waals surface area contributed by atoms with E-state index >= 15 is 0 Å². The molecule has 140 valence electrons. The van der Waals surface area contributed by atoms with Gasteiger partial charge in [-0.15, -0.1) is 10.2 Å². The first-order chi connectivity index (χ1) is 12.8. The quantitative estimate of drug-likeness (QED) is 0.410. The van der Waals surface area contributed by atoms with Gasteiger partial charge in [-0.3, -0.25) is 9.59 Å². The number of azo groups is 1. The van der Waals surface area contributed by atoms with Crippen LogP contribution in [-0.4, -0.2) is 23.9 Å². The number of methoxy groups -OCH3 is 1. The average Bonchev–Trinajstić information content (AvgIpc) is 2.63. The molecule has 2 aromatic rings. The summed E-state index contributed by atoms with van der Waals surface area (Å²) >= 11 is 6.23. The van der Waals surface area contributed by atoms with E-state index in [1.54, 1.807) is 24.3 Å². The van der Waals surface area contributed by atoms with Crippen LogP contribution >= 0.6 is 11.6 Å². The molecule has 2 rings (SSSR count). The van der Waals surface area contributed by atoms with Gasteiger partial charge < -0.3 is 15.2 Å². The predicted molar refractivity (Wildman–Crippen MR) is 103 cm³/mol. The third-order valence-corrected chi connectivity index (χ3v) is 3.80. The number of carbonyl (C=O) groups excluding carboxylic acids is 2. The Morgan fingerprint density at radius 1 is 1.15 bits per heavy atom. The molecule has 2 N–H and O–H groups in total. The number of allylic oxidation sites excluding steroid dienone is 2. The van der Waals surface area contributed by atoms with Crippen molar-refractivity contribution in [1.29, 1.82) is 0 Å². The zero-order chi connectivity index (χ0) is 20.0. The molecule has 0 spiro atoms. The molecule has 0 aromatic heterocycles. The molecule has 0 fully saturated rings. The number of ether oxygens (including phenoxy) is 1. The van der Waals surface area contributed by atoms with Gasteiger partial charge in [-0.05, 0) is 25.1 Å². The lowest BCUT2D eigenvalue weighted by molar-refractivity contribution is -0.113. The molecule has 0 saturated heterocycles. The number of carbonyl (C=O) groups is 2. The maximum atomic E-state index is 12.3. The van der Waals surface area contributed by atoms with E-state index in [2.05, 4.69) is 15.5 Å². The Hall–Kier alpha value is -3.19. The highest BCUT2D eigenvalue weighted by Crippen LogP contribution is 2.37. The summed E-state index contributed by atoms with van der Waals surface area (Å²) in [6.45, 7) is 2.60. The largest absolute Gasteiger partial charge is 0.510 e. The van der Waals surface area contributed by atoms with E-state index in [0.29, 0.717) is 11.3 Å². The number of aliphatic hydroxyl groups excluding tert-OH is 1. The number of halogens is 1. The monoisotopic (exact) mass is 387 g/mol. The molecule has 7 nitrogen and oxygen atoms in total. The van der Waals surface area contributed by atoms with Gasteiger partial charge in [0.15, 0.2) is 11.5 Å². The van der Waals surface area contributed by atoms with Crippen molar-refractivity contribution in [2.45, 2.75) is 13.8 Å². The molecule has 27 heavy (non-hydrogen) atoms. The molecule has 8 heteroatoms. The van der Waals surface area contributed by atoms with Crippen LogP contribution in [0.5, 0.6) is 5.75 Å². The fourth-order valence-electron chi connectivity index (χ4n) is 2.17. The molecule has 0 unspecified atom stereocenters. The maximum absolute atomic E-state index is 12.3. The van der Waals surface area contributed by atoms with Gasteiger partial charge in [0.25, 0.3) is 5.91 Å². The third kappa shape index (κ3) is 5.15. The van der Waals surface area contributed by atoms with Crippen LogP contribution in [0.15, 0.2) is 64.1 Å². The van der Waals surface area contributed by atoms with Crippen molar-refractivity contribution >= 4 is 34.7 Å². The molecule has 0 atom stereocenters. The zero-order valence-corrected chi connectivity index (χ0v) is 15.7. The standard InChI is InChI=1S/C19H18ClN3O4/c1-11(24)18(12(2)25)23-22-16-9-14(20)15(10-17(16)27-3)21-19(26)13-7-5-4-6-8-13/h4-10,24H,1-3H3,(H,21,26). The Morgan fingerprint density at radius 2 is 1.81 bits per heavy atom. The number of nitrogens with one attached hydrogen (secondary N) is 1. The van der Waals surface area contributed by atoms with Gasteiger partial charge in [0.05, 0.1) is 17.8 Å². The molecule has 0 aliphatic heterocycles. The highest BCUT2D eigenvalue weighted by Gasteiger charge is 2.14. The van der Waals surface area contributed by atoms with Crippen molar-refractivity contribution in [2.24, 2.45) is 10.2 Å². The van der Waals surface area contributed by atoms with Crippen molar-refractivity contribution < 1.29 is 19.4 Å². The first-order valence-corrected chi connectivity index (χ1v) is 8.27. The van der Waals surface area contributed by atoms with Crippen LogP contribution in [0.3, 0.4) is 0 Å². The number of ketones is 1. The van der Waals surface area contributed by atoms with Gasteiger partial charge in [0.1, 0.15) is 17.2 Å². The van der Waals surface area contributed by atoms with E-state index in [1.807, 2.05) is 6.07 Å². The van der Waals surface area contributed by atoms with Crippen molar-refractivity contribution in [2.75, 3.05) is 12.4 Å². The van der Waals surface area contributed by atoms with Crippen molar-refractivity contribution in [1.82, 2.24) is 0 Å². The second kappa shape index (κ2) is 8.95. The molecule has 0 radical (unpaired) electrons. The Morgan fingerprint density at radius 3 is 2.37 bits per heavy atom. The van der Waals surface area contributed by atoms with E-state index < -0.39 is 5.78 Å². The molecule has 1 amide bonds. The lowest BCUT2D eigenvalue weighted by Gasteiger charge is -2.11. The topological polar surface area (TPSA) is 100 Å². The molecule has 0 aliphatic carbocycles. The number of hydrogen-bond donors (Lipinski definition) is 2. The van der Waals surface area contributed by atoms with E-state index in [1.165, 1.54) is 33.1 Å². The number of benzene rings is 2. The van der Waals surface area contributed by atoms with Crippen LogP contribution < -0.4 is 10.1 Å². The molecule has 0 bridgehead atoms. The van der Waals surface area contributed by atoms with Gasteiger partial charge >= 0.3 is 0 Å². The van der Waals surface area contributed by atoms with Crippen LogP contribution in [0.25, 0.3) is 0 Å². The van der Waals surface area contributed by atoms with Crippen LogP contribution in [0.4, 0.5) is 11.4 Å². The third-order valence-electron chi connectivity index (χ3n) is 3.49. The first kappa shape index (κ1) is 20.1. The predicted octanol–water partition coefficient (Wildman–Crippen LogP) is 5.06. The van der Waals surface area contributed by atoms with E-state index in [-0.39, 0.29) is 33.8 Å². The Balaban J connectivity index is 2.33. The molecule has 0 aliphatic rings. The lowest BCUT2D eigenvalue weighted by Crippen LogP contribution is -2.12. The second-order valence-corrected chi connectivity index (χ2v) is 5.92. The summed E-state index contributed by atoms with van der Waals surface area (Å²) < 4.78 is 5.25. The minimum absolute atomic E-state index is 0.172. The molecule has 0 saturated carbocycles.